The molecule has 2 amide bonds. The van der Waals surface area contributed by atoms with E-state index in [2.05, 4.69) is 40.5 Å². The third kappa shape index (κ3) is 13.2. The van der Waals surface area contributed by atoms with Crippen molar-refractivity contribution < 1.29 is 65.6 Å². The number of anilines is 2. The fourth-order valence-corrected chi connectivity index (χ4v) is 6.93. The van der Waals surface area contributed by atoms with Gasteiger partial charge in [0.05, 0.1) is 21.2 Å². The van der Waals surface area contributed by atoms with Crippen LogP contribution in [-0.4, -0.2) is 69.2 Å². The first-order valence-electron chi connectivity index (χ1n) is 18.4. The van der Waals surface area contributed by atoms with Crippen LogP contribution in [0, 0.1) is 0 Å². The van der Waals surface area contributed by atoms with Crippen molar-refractivity contribution in [3.8, 4) is 23.0 Å². The van der Waals surface area contributed by atoms with Crippen LogP contribution in [0.3, 0.4) is 0 Å². The second-order valence-electron chi connectivity index (χ2n) is 13.4. The van der Waals surface area contributed by atoms with E-state index in [9.17, 15) is 46.9 Å². The maximum Gasteiger partial charge on any atom is 1.00 e. The van der Waals surface area contributed by atoms with Crippen molar-refractivity contribution in [2.24, 2.45) is 26.2 Å². The summed E-state index contributed by atoms with van der Waals surface area (Å²) in [5.41, 5.74) is 5.89. The zero-order chi connectivity index (χ0) is 45.9. The summed E-state index contributed by atoms with van der Waals surface area (Å²) in [5, 5.41) is 64.2. The molecule has 63 heavy (non-hydrogen) atoms. The van der Waals surface area contributed by atoms with Gasteiger partial charge >= 0.3 is 1.43 Å². The summed E-state index contributed by atoms with van der Waals surface area (Å²) in [4.78, 5) is 22.8. The third-order valence-electron chi connectivity index (χ3n) is 8.18. The van der Waals surface area contributed by atoms with Gasteiger partial charge in [0.1, 0.15) is 45.7 Å². The molecule has 0 aromatic heterocycles. The number of sulfonamides is 2. The maximum absolute atomic E-state index is 12.0. The van der Waals surface area contributed by atoms with Gasteiger partial charge in [0.2, 0.25) is 31.9 Å². The van der Waals surface area contributed by atoms with Gasteiger partial charge in [-0.25, -0.2) is 26.3 Å². The molecule has 6 aromatic rings. The Balaban J connectivity index is 0.000000395. The molecule has 0 radical (unpaired) electrons. The van der Waals surface area contributed by atoms with Crippen LogP contribution >= 0.6 is 0 Å². The predicted molar refractivity (Wildman–Crippen MR) is 237 cm³/mol. The molecule has 22 heteroatoms. The molecule has 0 saturated heterocycles. The molecule has 0 aliphatic rings. The Labute approximate surface area is 375 Å². The zero-order valence-corrected chi connectivity index (χ0v) is 37.6. The summed E-state index contributed by atoms with van der Waals surface area (Å²) < 4.78 is 52.2. The first kappa shape index (κ1) is 50.8. The second-order valence-corrected chi connectivity index (χ2v) is 17.2. The van der Waals surface area contributed by atoms with Crippen LogP contribution in [-0.2, 0) is 47.0 Å². The monoisotopic (exact) mass is 940 g/mol. The van der Waals surface area contributed by atoms with Gasteiger partial charge in [0, 0.05) is 42.0 Å². The number of azo groups is 2. The SMILES string of the molecule is CC(C)N.CNS(=O)(=O)c1ccc(O)c(N=Nc2c(O)ccc3cccc(NC(C)=O)c23)c1.CNS(=O)(=O)c1ccc(O)c(N=Nc2c(O)ccc3cccc(NC(C)=O)c23)c1.[Cr].[H+]. The Morgan fingerprint density at radius 3 is 1.22 bits per heavy atom. The van der Waals surface area contributed by atoms with Crippen LogP contribution in [0.2, 0.25) is 0 Å². The maximum atomic E-state index is 12.0. The molecule has 10 N–H and O–H groups in total. The molecule has 19 nitrogen and oxygen atoms in total. The minimum Gasteiger partial charge on any atom is -0.506 e. The number of carbonyl (C=O) groups excluding carboxylic acids is 2. The summed E-state index contributed by atoms with van der Waals surface area (Å²) in [5.74, 6) is -1.57. The molecule has 0 aliphatic heterocycles. The van der Waals surface area contributed by atoms with Crippen LogP contribution in [0.25, 0.3) is 21.5 Å². The molecular formula is C41H46CrN9O10S2+. The number of rotatable bonds is 10. The van der Waals surface area contributed by atoms with E-state index in [0.29, 0.717) is 39.0 Å². The quantitative estimate of drug-likeness (QED) is 0.0605. The van der Waals surface area contributed by atoms with Gasteiger partial charge in [0.15, 0.2) is 0 Å². The summed E-state index contributed by atoms with van der Waals surface area (Å²) in [7, 11) is -4.96. The molecule has 0 heterocycles. The standard InChI is InChI=1S/2C19H18N4O5S.C3H9N.Cr/c2*1-11(24)21-14-5-3-4-12-6-8-17(26)19(18(12)14)23-22-15-10-13(7-9-16(15)25)29(27,28)20-2;1-3(2)4;/h2*3-10,20,25-26H,1-2H3,(H,21,24);3H,4H2,1-2H3;/p+1. The number of fused-ring (bicyclic) bond motifs is 2. The van der Waals surface area contributed by atoms with Crippen molar-refractivity contribution in [2.45, 2.75) is 43.5 Å². The van der Waals surface area contributed by atoms with Gasteiger partial charge in [-0.05, 0) is 91.6 Å². The third-order valence-corrected chi connectivity index (χ3v) is 11.0. The number of hydrogen-bond acceptors (Lipinski definition) is 15. The molecule has 0 unspecified atom stereocenters. The van der Waals surface area contributed by atoms with Crippen molar-refractivity contribution >= 4 is 87.5 Å². The van der Waals surface area contributed by atoms with E-state index in [4.69, 9.17) is 5.73 Å². The fourth-order valence-electron chi connectivity index (χ4n) is 5.43. The number of aromatic hydroxyl groups is 4. The van der Waals surface area contributed by atoms with E-state index in [-0.39, 0.29) is 86.1 Å². The molecule has 0 spiro atoms. The van der Waals surface area contributed by atoms with Crippen molar-refractivity contribution in [1.29, 1.82) is 0 Å². The molecule has 332 valence electrons. The molecular weight excluding hydrogens is 895 g/mol. The smallest absolute Gasteiger partial charge is 0.506 e. The van der Waals surface area contributed by atoms with Gasteiger partial charge in [-0.3, -0.25) is 9.59 Å². The van der Waals surface area contributed by atoms with Crippen molar-refractivity contribution in [3.63, 3.8) is 0 Å². The Morgan fingerprint density at radius 2 is 0.905 bits per heavy atom. The normalized spacial score (nSPS) is 11.4. The topological polar surface area (TPSA) is 307 Å². The number of hydrogen-bond donors (Lipinski definition) is 9. The average molecular weight is 941 g/mol. The molecule has 6 aromatic carbocycles. The van der Waals surface area contributed by atoms with Gasteiger partial charge in [0.25, 0.3) is 0 Å². The van der Waals surface area contributed by atoms with Gasteiger partial charge < -0.3 is 36.8 Å². The van der Waals surface area contributed by atoms with E-state index in [0.717, 1.165) is 12.1 Å². The van der Waals surface area contributed by atoms with E-state index in [1.165, 1.54) is 64.3 Å². The van der Waals surface area contributed by atoms with Crippen molar-refractivity contribution in [1.82, 2.24) is 9.44 Å². The summed E-state index contributed by atoms with van der Waals surface area (Å²) in [6, 6.07) is 24.0. The number of nitrogens with two attached hydrogens (primary N) is 1. The zero-order valence-electron chi connectivity index (χ0n) is 35.6. The van der Waals surface area contributed by atoms with Gasteiger partial charge in [-0.15, -0.1) is 20.5 Å². The molecule has 0 saturated carbocycles. The van der Waals surface area contributed by atoms with E-state index in [1.54, 1.807) is 48.5 Å². The van der Waals surface area contributed by atoms with E-state index in [1.807, 2.05) is 13.8 Å². The fraction of sp³-hybridized carbons (Fsp3) is 0.171. The number of nitrogens with one attached hydrogen (secondary N) is 4. The minimum atomic E-state index is -3.74. The average Bonchev–Trinajstić information content (AvgIpc) is 3.21. The summed E-state index contributed by atoms with van der Waals surface area (Å²) >= 11 is 0. The van der Waals surface area contributed by atoms with E-state index < -0.39 is 20.0 Å². The number of benzene rings is 6. The largest absolute Gasteiger partial charge is 1.00 e. The molecule has 0 aliphatic carbocycles. The minimum absolute atomic E-state index is 0. The van der Waals surface area contributed by atoms with Crippen molar-refractivity contribution in [2.75, 3.05) is 24.7 Å². The second kappa shape index (κ2) is 22.0. The van der Waals surface area contributed by atoms with E-state index >= 15 is 0 Å². The first-order valence-corrected chi connectivity index (χ1v) is 21.3. The Hall–Kier alpha value is -6.51. The van der Waals surface area contributed by atoms with Gasteiger partial charge in [-0.1, -0.05) is 50.2 Å². The Morgan fingerprint density at radius 1 is 0.571 bits per heavy atom. The van der Waals surface area contributed by atoms with Crippen LogP contribution in [0.4, 0.5) is 34.1 Å². The summed E-state index contributed by atoms with van der Waals surface area (Å²) in [6.07, 6.45) is 0. The number of amides is 2. The number of phenols is 4. The van der Waals surface area contributed by atoms with Crippen LogP contribution < -0.4 is 25.8 Å². The van der Waals surface area contributed by atoms with Crippen LogP contribution in [0.15, 0.2) is 127 Å². The molecule has 6 rings (SSSR count). The number of nitrogens with zero attached hydrogens (tertiary/aromatic N) is 4. The Kier molecular flexibility index (Phi) is 17.8. The number of carbonyl (C=O) groups is 2. The molecule has 0 bridgehead atoms. The first-order chi connectivity index (χ1) is 29.2. The predicted octanol–water partition coefficient (Wildman–Crippen LogP) is 7.53. The Bertz CT molecular complexity index is 2740. The van der Waals surface area contributed by atoms with Crippen molar-refractivity contribution in [3.05, 3.63) is 97.1 Å². The van der Waals surface area contributed by atoms with Crippen LogP contribution in [0.1, 0.15) is 29.1 Å². The van der Waals surface area contributed by atoms with Crippen LogP contribution in [0.5, 0.6) is 23.0 Å². The van der Waals surface area contributed by atoms with Gasteiger partial charge in [-0.2, -0.15) is 0 Å². The summed E-state index contributed by atoms with van der Waals surface area (Å²) in [6.45, 7) is 6.60. The molecule has 0 atom stereocenters. The molecule has 0 fully saturated rings. The number of phenolic OH excluding ortho intramolecular Hbond substituents is 4.